The second kappa shape index (κ2) is 7.57. The minimum absolute atomic E-state index is 0.154. The van der Waals surface area contributed by atoms with E-state index in [0.29, 0.717) is 17.9 Å². The number of anilines is 1. The lowest BCUT2D eigenvalue weighted by molar-refractivity contribution is 0.101. The molecule has 1 aliphatic rings. The van der Waals surface area contributed by atoms with Crippen molar-refractivity contribution in [3.05, 3.63) is 77.7 Å². The van der Waals surface area contributed by atoms with E-state index < -0.39 is 0 Å². The normalized spacial score (nSPS) is 16.4. The van der Waals surface area contributed by atoms with Crippen molar-refractivity contribution in [3.8, 4) is 0 Å². The van der Waals surface area contributed by atoms with Crippen LogP contribution in [0.2, 0.25) is 0 Å². The van der Waals surface area contributed by atoms with Crippen molar-refractivity contribution >= 4 is 11.6 Å². The molecular weight excluding hydrogens is 347 g/mol. The summed E-state index contributed by atoms with van der Waals surface area (Å²) in [6.07, 6.45) is 12.1. The SMILES string of the molecule is O=C(Nc1cnn(Cc2cccc(F)c2)c1)c1nocc1C1C=CCCC1. The van der Waals surface area contributed by atoms with E-state index in [2.05, 4.69) is 27.7 Å². The Balaban J connectivity index is 1.45. The summed E-state index contributed by atoms with van der Waals surface area (Å²) in [4.78, 5) is 12.6. The van der Waals surface area contributed by atoms with E-state index >= 15 is 0 Å². The Hall–Kier alpha value is -3.22. The number of carbonyl (C=O) groups is 1. The predicted molar refractivity (Wildman–Crippen MR) is 97.9 cm³/mol. The molecule has 138 valence electrons. The van der Waals surface area contributed by atoms with Gasteiger partial charge in [-0.2, -0.15) is 5.10 Å². The zero-order valence-corrected chi connectivity index (χ0v) is 14.6. The van der Waals surface area contributed by atoms with E-state index in [4.69, 9.17) is 4.52 Å². The van der Waals surface area contributed by atoms with Crippen LogP contribution < -0.4 is 5.32 Å². The Bertz CT molecular complexity index is 976. The Morgan fingerprint density at radius 3 is 3.15 bits per heavy atom. The molecule has 6 nitrogen and oxygen atoms in total. The lowest BCUT2D eigenvalue weighted by atomic mass is 9.89. The van der Waals surface area contributed by atoms with E-state index in [0.717, 1.165) is 30.4 Å². The molecule has 1 aromatic carbocycles. The molecule has 2 heterocycles. The van der Waals surface area contributed by atoms with Crippen LogP contribution >= 0.6 is 0 Å². The highest BCUT2D eigenvalue weighted by Gasteiger charge is 2.23. The summed E-state index contributed by atoms with van der Waals surface area (Å²) >= 11 is 0. The van der Waals surface area contributed by atoms with Crippen molar-refractivity contribution in [1.29, 1.82) is 0 Å². The van der Waals surface area contributed by atoms with E-state index in [9.17, 15) is 9.18 Å². The molecule has 1 amide bonds. The maximum atomic E-state index is 13.3. The van der Waals surface area contributed by atoms with Gasteiger partial charge in [-0.15, -0.1) is 0 Å². The van der Waals surface area contributed by atoms with Gasteiger partial charge in [-0.1, -0.05) is 29.4 Å². The molecule has 1 atom stereocenters. The van der Waals surface area contributed by atoms with Gasteiger partial charge in [-0.25, -0.2) is 4.39 Å². The topological polar surface area (TPSA) is 73.0 Å². The molecule has 1 unspecified atom stereocenters. The number of nitrogens with one attached hydrogen (secondary N) is 1. The van der Waals surface area contributed by atoms with Crippen molar-refractivity contribution in [2.45, 2.75) is 31.7 Å². The molecule has 1 N–H and O–H groups in total. The van der Waals surface area contributed by atoms with Crippen LogP contribution in [0, 0.1) is 5.82 Å². The fraction of sp³-hybridized carbons (Fsp3) is 0.250. The van der Waals surface area contributed by atoms with Gasteiger partial charge in [-0.05, 0) is 37.0 Å². The maximum Gasteiger partial charge on any atom is 0.278 e. The highest BCUT2D eigenvalue weighted by atomic mass is 19.1. The summed E-state index contributed by atoms with van der Waals surface area (Å²) < 4.78 is 20.0. The third kappa shape index (κ3) is 3.97. The molecule has 0 radical (unpaired) electrons. The zero-order chi connectivity index (χ0) is 18.6. The van der Waals surface area contributed by atoms with Gasteiger partial charge in [0.2, 0.25) is 0 Å². The summed E-state index contributed by atoms with van der Waals surface area (Å²) in [5.74, 6) is -0.465. The molecule has 0 saturated heterocycles. The van der Waals surface area contributed by atoms with Crippen LogP contribution in [0.25, 0.3) is 0 Å². The summed E-state index contributed by atoms with van der Waals surface area (Å²) in [5.41, 5.74) is 2.43. The van der Waals surface area contributed by atoms with Crippen LogP contribution in [-0.2, 0) is 6.54 Å². The van der Waals surface area contributed by atoms with Crippen LogP contribution in [-0.4, -0.2) is 20.8 Å². The van der Waals surface area contributed by atoms with Crippen molar-refractivity contribution < 1.29 is 13.7 Å². The average Bonchev–Trinajstić information content (AvgIpc) is 3.32. The molecule has 0 saturated carbocycles. The van der Waals surface area contributed by atoms with Crippen molar-refractivity contribution in [2.24, 2.45) is 0 Å². The lowest BCUT2D eigenvalue weighted by Gasteiger charge is -2.15. The zero-order valence-electron chi connectivity index (χ0n) is 14.6. The van der Waals surface area contributed by atoms with Gasteiger partial charge in [0.1, 0.15) is 12.1 Å². The van der Waals surface area contributed by atoms with Gasteiger partial charge in [0, 0.05) is 17.7 Å². The largest absolute Gasteiger partial charge is 0.364 e. The Kier molecular flexibility index (Phi) is 4.82. The second-order valence-corrected chi connectivity index (χ2v) is 6.59. The van der Waals surface area contributed by atoms with E-state index in [-0.39, 0.29) is 17.6 Å². The van der Waals surface area contributed by atoms with Crippen molar-refractivity contribution in [2.75, 3.05) is 5.32 Å². The van der Waals surface area contributed by atoms with E-state index in [1.54, 1.807) is 29.4 Å². The number of nitrogens with zero attached hydrogens (tertiary/aromatic N) is 3. The minimum Gasteiger partial charge on any atom is -0.364 e. The van der Waals surface area contributed by atoms with Crippen LogP contribution in [0.5, 0.6) is 0 Å². The predicted octanol–water partition coefficient (Wildman–Crippen LogP) is 4.13. The molecule has 0 aliphatic heterocycles. The first-order valence-corrected chi connectivity index (χ1v) is 8.88. The molecule has 0 spiro atoms. The number of halogens is 1. The lowest BCUT2D eigenvalue weighted by Crippen LogP contribution is -2.15. The standard InChI is InChI=1S/C20H19FN4O2/c21-16-8-4-5-14(9-16)11-25-12-17(10-22-25)23-20(26)19-18(13-27-24-19)15-6-2-1-3-7-15/h2,4-6,8-10,12-13,15H,1,3,7,11H2,(H,23,26). The molecule has 4 rings (SSSR count). The monoisotopic (exact) mass is 366 g/mol. The number of amides is 1. The van der Waals surface area contributed by atoms with E-state index in [1.807, 2.05) is 6.07 Å². The van der Waals surface area contributed by atoms with Gasteiger partial charge in [-0.3, -0.25) is 9.48 Å². The smallest absolute Gasteiger partial charge is 0.278 e. The fourth-order valence-electron chi connectivity index (χ4n) is 3.28. The fourth-order valence-corrected chi connectivity index (χ4v) is 3.28. The highest BCUT2D eigenvalue weighted by molar-refractivity contribution is 6.03. The quantitative estimate of drug-likeness (QED) is 0.689. The number of rotatable bonds is 5. The number of carbonyl (C=O) groups excluding carboxylic acids is 1. The van der Waals surface area contributed by atoms with Crippen LogP contribution in [0.15, 0.2) is 59.6 Å². The third-order valence-corrected chi connectivity index (χ3v) is 4.59. The number of aromatic nitrogens is 3. The maximum absolute atomic E-state index is 13.3. The summed E-state index contributed by atoms with van der Waals surface area (Å²) in [7, 11) is 0. The van der Waals surface area contributed by atoms with Crippen LogP contribution in [0.1, 0.15) is 46.8 Å². The van der Waals surface area contributed by atoms with Gasteiger partial charge in [0.05, 0.1) is 18.4 Å². The number of allylic oxidation sites excluding steroid dienone is 2. The summed E-state index contributed by atoms with van der Waals surface area (Å²) in [5, 5.41) is 10.9. The van der Waals surface area contributed by atoms with Crippen LogP contribution in [0.3, 0.4) is 0 Å². The van der Waals surface area contributed by atoms with E-state index in [1.165, 1.54) is 12.1 Å². The first-order chi connectivity index (χ1) is 13.2. The molecule has 0 fully saturated rings. The molecule has 1 aliphatic carbocycles. The average molecular weight is 366 g/mol. The Morgan fingerprint density at radius 1 is 1.41 bits per heavy atom. The van der Waals surface area contributed by atoms with Gasteiger partial charge in [0.25, 0.3) is 5.91 Å². The van der Waals surface area contributed by atoms with Gasteiger partial charge in [0.15, 0.2) is 5.69 Å². The molecule has 2 aromatic heterocycles. The summed E-state index contributed by atoms with van der Waals surface area (Å²) in [6.45, 7) is 0.412. The van der Waals surface area contributed by atoms with Crippen LogP contribution in [0.4, 0.5) is 10.1 Å². The highest BCUT2D eigenvalue weighted by Crippen LogP contribution is 2.30. The summed E-state index contributed by atoms with van der Waals surface area (Å²) in [6, 6.07) is 6.33. The molecule has 7 heteroatoms. The number of hydrogen-bond acceptors (Lipinski definition) is 4. The minimum atomic E-state index is -0.331. The number of hydrogen-bond donors (Lipinski definition) is 1. The molecule has 27 heavy (non-hydrogen) atoms. The number of benzene rings is 1. The first-order valence-electron chi connectivity index (χ1n) is 8.88. The third-order valence-electron chi connectivity index (χ3n) is 4.59. The Morgan fingerprint density at radius 2 is 2.33 bits per heavy atom. The van der Waals surface area contributed by atoms with Gasteiger partial charge >= 0.3 is 0 Å². The molecular formula is C20H19FN4O2. The van der Waals surface area contributed by atoms with Crippen molar-refractivity contribution in [3.63, 3.8) is 0 Å². The van der Waals surface area contributed by atoms with Crippen molar-refractivity contribution in [1.82, 2.24) is 14.9 Å². The Labute approximate surface area is 155 Å². The first kappa shape index (κ1) is 17.2. The molecule has 0 bridgehead atoms. The molecule has 3 aromatic rings. The second-order valence-electron chi connectivity index (χ2n) is 6.59. The van der Waals surface area contributed by atoms with Gasteiger partial charge < -0.3 is 9.84 Å².